The number of hydrogen-bond donors (Lipinski definition) is 2. The third-order valence-corrected chi connectivity index (χ3v) is 4.70. The van der Waals surface area contributed by atoms with Crippen LogP contribution in [-0.2, 0) is 0 Å². The van der Waals surface area contributed by atoms with Crippen LogP contribution in [0, 0.1) is 0 Å². The number of nitrogens with one attached hydrogen (secondary N) is 1. The Bertz CT molecular complexity index is 1120. The van der Waals surface area contributed by atoms with Crippen molar-refractivity contribution in [3.63, 3.8) is 0 Å². The number of imidazole rings is 1. The van der Waals surface area contributed by atoms with E-state index in [-0.39, 0.29) is 11.5 Å². The van der Waals surface area contributed by atoms with Crippen LogP contribution in [0.4, 0.5) is 5.13 Å². The SMILES string of the molecule is O=C(O)c1ccc2nc(NC(=O)c3cccc(-n4ccnc4)c3)sc2c1. The van der Waals surface area contributed by atoms with E-state index in [0.717, 1.165) is 5.69 Å². The van der Waals surface area contributed by atoms with Gasteiger partial charge in [-0.3, -0.25) is 10.1 Å². The van der Waals surface area contributed by atoms with E-state index in [0.29, 0.717) is 20.9 Å². The predicted molar refractivity (Wildman–Crippen MR) is 98.1 cm³/mol. The van der Waals surface area contributed by atoms with Crippen LogP contribution in [0.25, 0.3) is 15.9 Å². The second-order valence-electron chi connectivity index (χ2n) is 5.48. The van der Waals surface area contributed by atoms with Gasteiger partial charge in [0.1, 0.15) is 0 Å². The van der Waals surface area contributed by atoms with Gasteiger partial charge >= 0.3 is 5.97 Å². The van der Waals surface area contributed by atoms with Crippen molar-refractivity contribution in [1.82, 2.24) is 14.5 Å². The summed E-state index contributed by atoms with van der Waals surface area (Å²) in [4.78, 5) is 31.9. The normalized spacial score (nSPS) is 10.8. The van der Waals surface area contributed by atoms with Gasteiger partial charge in [-0.2, -0.15) is 0 Å². The summed E-state index contributed by atoms with van der Waals surface area (Å²) in [5, 5.41) is 12.2. The maximum Gasteiger partial charge on any atom is 0.335 e. The van der Waals surface area contributed by atoms with Gasteiger partial charge in [0.15, 0.2) is 5.13 Å². The molecule has 4 aromatic rings. The molecule has 0 fully saturated rings. The highest BCUT2D eigenvalue weighted by Crippen LogP contribution is 2.27. The highest BCUT2D eigenvalue weighted by Gasteiger charge is 2.12. The van der Waals surface area contributed by atoms with Crippen molar-refractivity contribution in [3.05, 3.63) is 72.3 Å². The molecule has 0 aliphatic heterocycles. The molecule has 0 spiro atoms. The number of carbonyl (C=O) groups excluding carboxylic acids is 1. The summed E-state index contributed by atoms with van der Waals surface area (Å²) in [5.41, 5.74) is 2.14. The van der Waals surface area contributed by atoms with Crippen molar-refractivity contribution in [2.45, 2.75) is 0 Å². The summed E-state index contributed by atoms with van der Waals surface area (Å²) in [6.45, 7) is 0. The molecule has 0 saturated carbocycles. The molecule has 0 bridgehead atoms. The number of nitrogens with zero attached hydrogens (tertiary/aromatic N) is 3. The van der Waals surface area contributed by atoms with E-state index in [1.807, 2.05) is 10.6 Å². The van der Waals surface area contributed by atoms with Crippen LogP contribution in [0.3, 0.4) is 0 Å². The number of amides is 1. The van der Waals surface area contributed by atoms with Gasteiger partial charge in [0.2, 0.25) is 0 Å². The Morgan fingerprint density at radius 2 is 2.00 bits per heavy atom. The minimum Gasteiger partial charge on any atom is -0.478 e. The largest absolute Gasteiger partial charge is 0.478 e. The molecule has 0 aliphatic carbocycles. The van der Waals surface area contributed by atoms with E-state index in [1.54, 1.807) is 49.1 Å². The molecule has 4 rings (SSSR count). The molecule has 2 aromatic carbocycles. The molecular weight excluding hydrogens is 352 g/mol. The number of rotatable bonds is 4. The van der Waals surface area contributed by atoms with Crippen molar-refractivity contribution < 1.29 is 14.7 Å². The van der Waals surface area contributed by atoms with Gasteiger partial charge in [-0.1, -0.05) is 17.4 Å². The molecule has 1 amide bonds. The molecular formula is C18H12N4O3S. The lowest BCUT2D eigenvalue weighted by Crippen LogP contribution is -2.12. The van der Waals surface area contributed by atoms with Crippen LogP contribution >= 0.6 is 11.3 Å². The molecule has 2 aromatic heterocycles. The first-order chi connectivity index (χ1) is 12.6. The smallest absolute Gasteiger partial charge is 0.335 e. The fourth-order valence-corrected chi connectivity index (χ4v) is 3.40. The first kappa shape index (κ1) is 16.0. The van der Waals surface area contributed by atoms with Gasteiger partial charge in [0.25, 0.3) is 5.91 Å². The monoisotopic (exact) mass is 364 g/mol. The van der Waals surface area contributed by atoms with E-state index in [2.05, 4.69) is 15.3 Å². The number of carboxylic acids is 1. The zero-order valence-electron chi connectivity index (χ0n) is 13.3. The molecule has 2 heterocycles. The quantitative estimate of drug-likeness (QED) is 0.578. The Morgan fingerprint density at radius 1 is 1.12 bits per heavy atom. The van der Waals surface area contributed by atoms with Gasteiger partial charge in [-0.05, 0) is 36.4 Å². The highest BCUT2D eigenvalue weighted by atomic mass is 32.1. The number of hydrogen-bond acceptors (Lipinski definition) is 5. The fraction of sp³-hybridized carbons (Fsp3) is 0. The Kier molecular flexibility index (Phi) is 3.94. The molecule has 0 unspecified atom stereocenters. The zero-order valence-corrected chi connectivity index (χ0v) is 14.1. The third-order valence-electron chi connectivity index (χ3n) is 3.77. The maximum absolute atomic E-state index is 12.5. The second-order valence-corrected chi connectivity index (χ2v) is 6.51. The van der Waals surface area contributed by atoms with Crippen LogP contribution in [0.1, 0.15) is 20.7 Å². The summed E-state index contributed by atoms with van der Waals surface area (Å²) >= 11 is 1.23. The first-order valence-corrected chi connectivity index (χ1v) is 8.45. The Morgan fingerprint density at radius 3 is 2.77 bits per heavy atom. The number of carboxylic acid groups (broad SMARTS) is 1. The third kappa shape index (κ3) is 3.05. The first-order valence-electron chi connectivity index (χ1n) is 7.64. The lowest BCUT2D eigenvalue weighted by Gasteiger charge is -2.05. The Balaban J connectivity index is 1.59. The number of fused-ring (bicyclic) bond motifs is 1. The van der Waals surface area contributed by atoms with E-state index in [9.17, 15) is 9.59 Å². The lowest BCUT2D eigenvalue weighted by molar-refractivity contribution is 0.0697. The van der Waals surface area contributed by atoms with Crippen molar-refractivity contribution in [1.29, 1.82) is 0 Å². The van der Waals surface area contributed by atoms with Crippen LogP contribution < -0.4 is 5.32 Å². The van der Waals surface area contributed by atoms with E-state index >= 15 is 0 Å². The molecule has 26 heavy (non-hydrogen) atoms. The van der Waals surface area contributed by atoms with E-state index in [1.165, 1.54) is 17.4 Å². The van der Waals surface area contributed by atoms with E-state index < -0.39 is 5.97 Å². The Hall–Kier alpha value is -3.52. The predicted octanol–water partition coefficient (Wildman–Crippen LogP) is 3.43. The van der Waals surface area contributed by atoms with Crippen LogP contribution in [0.2, 0.25) is 0 Å². The number of thiazole rings is 1. The molecule has 0 radical (unpaired) electrons. The van der Waals surface area contributed by atoms with Gasteiger partial charge in [0, 0.05) is 23.6 Å². The number of anilines is 1. The summed E-state index contributed by atoms with van der Waals surface area (Å²) in [7, 11) is 0. The van der Waals surface area contributed by atoms with Crippen LogP contribution in [-0.4, -0.2) is 31.5 Å². The molecule has 7 nitrogen and oxygen atoms in total. The topological polar surface area (TPSA) is 97.1 Å². The minimum absolute atomic E-state index is 0.187. The maximum atomic E-state index is 12.5. The summed E-state index contributed by atoms with van der Waals surface area (Å²) < 4.78 is 2.51. The number of aromatic carboxylic acids is 1. The van der Waals surface area contributed by atoms with Gasteiger partial charge in [-0.25, -0.2) is 14.8 Å². The van der Waals surface area contributed by atoms with Crippen LogP contribution in [0.15, 0.2) is 61.2 Å². The number of aromatic nitrogens is 3. The minimum atomic E-state index is -0.998. The van der Waals surface area contributed by atoms with Crippen LogP contribution in [0.5, 0.6) is 0 Å². The summed E-state index contributed by atoms with van der Waals surface area (Å²) in [6, 6.07) is 11.8. The molecule has 0 atom stereocenters. The van der Waals surface area contributed by atoms with Crippen molar-refractivity contribution >= 4 is 38.6 Å². The molecule has 0 aliphatic rings. The standard InChI is InChI=1S/C18H12N4O3S/c23-16(11-2-1-3-13(8-11)22-7-6-19-10-22)21-18-20-14-5-4-12(17(24)25)9-15(14)26-18/h1-10H,(H,24,25)(H,20,21,23). The Labute approximate surface area is 151 Å². The van der Waals surface area contributed by atoms with E-state index in [4.69, 9.17) is 5.11 Å². The average Bonchev–Trinajstić information content (AvgIpc) is 3.30. The number of benzene rings is 2. The number of carbonyl (C=O) groups is 2. The lowest BCUT2D eigenvalue weighted by atomic mass is 10.2. The second kappa shape index (κ2) is 6.41. The molecule has 2 N–H and O–H groups in total. The summed E-state index contributed by atoms with van der Waals surface area (Å²) in [5.74, 6) is -1.29. The van der Waals surface area contributed by atoms with Crippen molar-refractivity contribution in [3.8, 4) is 5.69 Å². The van der Waals surface area contributed by atoms with Gasteiger partial charge in [-0.15, -0.1) is 0 Å². The average molecular weight is 364 g/mol. The highest BCUT2D eigenvalue weighted by molar-refractivity contribution is 7.22. The van der Waals surface area contributed by atoms with Crippen molar-refractivity contribution in [2.24, 2.45) is 0 Å². The molecule has 0 saturated heterocycles. The fourth-order valence-electron chi connectivity index (χ4n) is 2.50. The zero-order chi connectivity index (χ0) is 18.1. The molecule has 128 valence electrons. The van der Waals surface area contributed by atoms with Gasteiger partial charge < -0.3 is 9.67 Å². The molecule has 8 heteroatoms. The van der Waals surface area contributed by atoms with Crippen molar-refractivity contribution in [2.75, 3.05) is 5.32 Å². The summed E-state index contributed by atoms with van der Waals surface area (Å²) in [6.07, 6.45) is 5.12. The van der Waals surface area contributed by atoms with Gasteiger partial charge in [0.05, 0.1) is 22.1 Å².